The molecule has 8 heteroatoms. The van der Waals surface area contributed by atoms with E-state index in [4.69, 9.17) is 33.5 Å². The van der Waals surface area contributed by atoms with Gasteiger partial charge >= 0.3 is 0 Å². The molecule has 1 saturated heterocycles. The summed E-state index contributed by atoms with van der Waals surface area (Å²) in [5.74, 6) is 1.73. The van der Waals surface area contributed by atoms with Crippen LogP contribution < -0.4 is 10.6 Å². The number of aromatic nitrogens is 1. The lowest BCUT2D eigenvalue weighted by molar-refractivity contribution is 0.216. The lowest BCUT2D eigenvalue weighted by Crippen LogP contribution is -2.47. The van der Waals surface area contributed by atoms with Crippen LogP contribution in [0.1, 0.15) is 32.1 Å². The second-order valence-electron chi connectivity index (χ2n) is 7.67. The zero-order valence-corrected chi connectivity index (χ0v) is 17.7. The van der Waals surface area contributed by atoms with Crippen LogP contribution in [0.15, 0.2) is 16.7 Å². The first-order chi connectivity index (χ1) is 12.6. The number of benzene rings is 1. The number of nitrogens with zero attached hydrogens (tertiary/aromatic N) is 3. The molecule has 4 rings (SSSR count). The molecule has 1 aliphatic heterocycles. The number of hydrogen-bond donors (Lipinski definition) is 1. The van der Waals surface area contributed by atoms with Gasteiger partial charge in [0.05, 0.1) is 15.4 Å². The van der Waals surface area contributed by atoms with Crippen LogP contribution in [0.5, 0.6) is 0 Å². The summed E-state index contributed by atoms with van der Waals surface area (Å²) >= 11 is 12.2. The molecule has 1 aromatic heterocycles. The van der Waals surface area contributed by atoms with Crippen LogP contribution in [0.25, 0.3) is 11.0 Å². The van der Waals surface area contributed by atoms with Gasteiger partial charge < -0.3 is 15.2 Å². The highest BCUT2D eigenvalue weighted by atomic mass is 35.5. The van der Waals surface area contributed by atoms with E-state index >= 15 is 0 Å². The van der Waals surface area contributed by atoms with Gasteiger partial charge in [-0.1, -0.05) is 28.4 Å². The molecule has 5 nitrogen and oxygen atoms in total. The topological polar surface area (TPSA) is 58.5 Å². The average Bonchev–Trinajstić information content (AvgIpc) is 3.05. The van der Waals surface area contributed by atoms with Gasteiger partial charge in [-0.05, 0) is 50.6 Å². The molecule has 2 aliphatic rings. The lowest BCUT2D eigenvalue weighted by atomic mass is 9.84. The van der Waals surface area contributed by atoms with Crippen LogP contribution in [-0.2, 0) is 0 Å². The van der Waals surface area contributed by atoms with Gasteiger partial charge in [-0.15, -0.1) is 12.4 Å². The molecule has 2 heterocycles. The summed E-state index contributed by atoms with van der Waals surface area (Å²) in [6, 6.07) is 4.03. The third-order valence-electron chi connectivity index (χ3n) is 5.91. The molecular formula is C19H27Cl3N4O. The molecule has 27 heavy (non-hydrogen) atoms. The quantitative estimate of drug-likeness (QED) is 0.764. The van der Waals surface area contributed by atoms with E-state index in [1.54, 1.807) is 6.07 Å². The van der Waals surface area contributed by atoms with Gasteiger partial charge in [-0.2, -0.15) is 0 Å². The molecule has 0 bridgehead atoms. The van der Waals surface area contributed by atoms with Gasteiger partial charge in [0.1, 0.15) is 0 Å². The summed E-state index contributed by atoms with van der Waals surface area (Å²) in [6.07, 6.45) is 6.30. The minimum atomic E-state index is 0. The monoisotopic (exact) mass is 432 g/mol. The third kappa shape index (κ3) is 4.83. The molecule has 1 saturated carbocycles. The van der Waals surface area contributed by atoms with E-state index in [9.17, 15) is 0 Å². The first-order valence-corrected chi connectivity index (χ1v) is 10.3. The molecular weight excluding hydrogens is 407 g/mol. The van der Waals surface area contributed by atoms with Crippen molar-refractivity contribution in [3.05, 3.63) is 22.2 Å². The van der Waals surface area contributed by atoms with Crippen molar-refractivity contribution in [1.29, 1.82) is 0 Å². The molecule has 0 unspecified atom stereocenters. The SMILES string of the molecule is Cl.N[C@H]1CC[C@H](CCN2CCN(c3noc4cc(Cl)c(Cl)cc34)CC2)CC1. The van der Waals surface area contributed by atoms with E-state index in [1.165, 1.54) is 38.6 Å². The summed E-state index contributed by atoms with van der Waals surface area (Å²) in [7, 11) is 0. The van der Waals surface area contributed by atoms with E-state index in [-0.39, 0.29) is 12.4 Å². The Hall–Kier alpha value is -0.720. The van der Waals surface area contributed by atoms with E-state index < -0.39 is 0 Å². The summed E-state index contributed by atoms with van der Waals surface area (Å²) in [5, 5.41) is 6.22. The standard InChI is InChI=1S/C19H26Cl2N4O.ClH/c20-16-11-15-18(12-17(16)21)26-23-19(15)25-9-7-24(8-10-25)6-5-13-1-3-14(22)4-2-13;/h11-14H,1-10,22H2;1H/t13-,14-;. The fourth-order valence-electron chi connectivity index (χ4n) is 4.17. The molecule has 2 aromatic rings. The van der Waals surface area contributed by atoms with Crippen LogP contribution in [0.3, 0.4) is 0 Å². The van der Waals surface area contributed by atoms with Crippen molar-refractivity contribution >= 4 is 52.4 Å². The largest absolute Gasteiger partial charge is 0.354 e. The van der Waals surface area contributed by atoms with Crippen LogP contribution in [0, 0.1) is 5.92 Å². The van der Waals surface area contributed by atoms with E-state index in [0.29, 0.717) is 21.7 Å². The van der Waals surface area contributed by atoms with Crippen molar-refractivity contribution in [2.45, 2.75) is 38.1 Å². The minimum absolute atomic E-state index is 0. The van der Waals surface area contributed by atoms with Gasteiger partial charge in [-0.3, -0.25) is 4.90 Å². The highest BCUT2D eigenvalue weighted by Gasteiger charge is 2.24. The van der Waals surface area contributed by atoms with Crippen LogP contribution in [0.4, 0.5) is 5.82 Å². The number of anilines is 1. The predicted octanol–water partition coefficient (Wildman–Crippen LogP) is 4.59. The number of piperazine rings is 1. The van der Waals surface area contributed by atoms with Crippen LogP contribution >= 0.6 is 35.6 Å². The Morgan fingerprint density at radius 1 is 1.04 bits per heavy atom. The maximum absolute atomic E-state index is 6.17. The zero-order valence-electron chi connectivity index (χ0n) is 15.4. The smallest absolute Gasteiger partial charge is 0.180 e. The molecule has 0 amide bonds. The second kappa shape index (κ2) is 9.19. The summed E-state index contributed by atoms with van der Waals surface area (Å²) in [6.45, 7) is 5.22. The Labute approximate surface area is 176 Å². The van der Waals surface area contributed by atoms with Crippen molar-refractivity contribution in [3.8, 4) is 0 Å². The molecule has 2 N–H and O–H groups in total. The molecule has 1 aliphatic carbocycles. The number of halogens is 3. The summed E-state index contributed by atoms with van der Waals surface area (Å²) in [4.78, 5) is 4.85. The average molecular weight is 434 g/mol. The first-order valence-electron chi connectivity index (χ1n) is 9.57. The Bertz CT molecular complexity index is 753. The third-order valence-corrected chi connectivity index (χ3v) is 6.63. The molecule has 0 spiro atoms. The highest BCUT2D eigenvalue weighted by molar-refractivity contribution is 6.42. The van der Waals surface area contributed by atoms with Gasteiger partial charge in [0, 0.05) is 38.3 Å². The van der Waals surface area contributed by atoms with Gasteiger partial charge in [0.25, 0.3) is 0 Å². The fourth-order valence-corrected chi connectivity index (χ4v) is 4.49. The van der Waals surface area contributed by atoms with Crippen molar-refractivity contribution < 1.29 is 4.52 Å². The zero-order chi connectivity index (χ0) is 18.1. The number of fused-ring (bicyclic) bond motifs is 1. The Kier molecular flexibility index (Phi) is 7.14. The Balaban J connectivity index is 0.00000210. The molecule has 150 valence electrons. The van der Waals surface area contributed by atoms with Gasteiger partial charge in [0.15, 0.2) is 11.4 Å². The van der Waals surface area contributed by atoms with Crippen LogP contribution in [-0.4, -0.2) is 48.8 Å². The van der Waals surface area contributed by atoms with E-state index in [0.717, 1.165) is 43.3 Å². The molecule has 0 atom stereocenters. The molecule has 2 fully saturated rings. The number of rotatable bonds is 4. The first kappa shape index (κ1) is 21.0. The van der Waals surface area contributed by atoms with Crippen molar-refractivity contribution in [3.63, 3.8) is 0 Å². The molecule has 1 aromatic carbocycles. The number of hydrogen-bond acceptors (Lipinski definition) is 5. The fraction of sp³-hybridized carbons (Fsp3) is 0.632. The van der Waals surface area contributed by atoms with Crippen LogP contribution in [0.2, 0.25) is 10.0 Å². The normalized spacial score (nSPS) is 24.2. The van der Waals surface area contributed by atoms with Crippen molar-refractivity contribution in [1.82, 2.24) is 10.1 Å². The minimum Gasteiger partial charge on any atom is -0.354 e. The lowest BCUT2D eigenvalue weighted by Gasteiger charge is -2.36. The maximum Gasteiger partial charge on any atom is 0.180 e. The van der Waals surface area contributed by atoms with Crippen molar-refractivity contribution in [2.24, 2.45) is 11.7 Å². The Morgan fingerprint density at radius 2 is 1.70 bits per heavy atom. The Morgan fingerprint density at radius 3 is 2.41 bits per heavy atom. The summed E-state index contributed by atoms with van der Waals surface area (Å²) in [5.41, 5.74) is 6.70. The summed E-state index contributed by atoms with van der Waals surface area (Å²) < 4.78 is 5.44. The number of nitrogens with two attached hydrogens (primary N) is 1. The second-order valence-corrected chi connectivity index (χ2v) is 8.48. The molecule has 0 radical (unpaired) electrons. The highest BCUT2D eigenvalue weighted by Crippen LogP contribution is 2.34. The van der Waals surface area contributed by atoms with E-state index in [2.05, 4.69) is 15.0 Å². The predicted molar refractivity (Wildman–Crippen MR) is 114 cm³/mol. The van der Waals surface area contributed by atoms with Gasteiger partial charge in [-0.25, -0.2) is 0 Å². The van der Waals surface area contributed by atoms with E-state index in [1.807, 2.05) is 6.07 Å². The van der Waals surface area contributed by atoms with Gasteiger partial charge in [0.2, 0.25) is 0 Å². The maximum atomic E-state index is 6.17. The van der Waals surface area contributed by atoms with Crippen molar-refractivity contribution in [2.75, 3.05) is 37.6 Å².